The minimum absolute atomic E-state index is 0.348. The molecule has 0 bridgehead atoms. The second kappa shape index (κ2) is 7.32. The summed E-state index contributed by atoms with van der Waals surface area (Å²) in [5.74, 6) is -0.331. The van der Waals surface area contributed by atoms with E-state index in [-0.39, 0.29) is 11.7 Å². The minimum atomic E-state index is -0.388. The normalized spacial score (nSPS) is 10.4. The van der Waals surface area contributed by atoms with E-state index in [1.54, 1.807) is 18.3 Å². The quantitative estimate of drug-likeness (QED) is 0.678. The molecule has 1 amide bonds. The van der Waals surface area contributed by atoms with E-state index in [2.05, 4.69) is 15.6 Å². The maximum Gasteiger partial charge on any atom is 0.256 e. The monoisotopic (exact) mass is 355 g/mol. The van der Waals surface area contributed by atoms with Crippen LogP contribution in [0.3, 0.4) is 0 Å². The summed E-state index contributed by atoms with van der Waals surface area (Å²) >= 11 is 6.01. The van der Waals surface area contributed by atoms with Crippen LogP contribution in [-0.2, 0) is 0 Å². The Morgan fingerprint density at radius 3 is 2.52 bits per heavy atom. The molecule has 4 nitrogen and oxygen atoms in total. The van der Waals surface area contributed by atoms with Crippen molar-refractivity contribution in [3.05, 3.63) is 82.8 Å². The molecule has 3 rings (SSSR count). The van der Waals surface area contributed by atoms with Crippen LogP contribution in [0, 0.1) is 12.7 Å². The maximum atomic E-state index is 12.9. The SMILES string of the molecule is Cc1ccc(Cl)cc1Nc1ccc(NC(=O)c2ccc(F)cc2)nc1. The van der Waals surface area contributed by atoms with Gasteiger partial charge in [-0.15, -0.1) is 0 Å². The van der Waals surface area contributed by atoms with Gasteiger partial charge in [-0.2, -0.15) is 0 Å². The molecule has 0 aliphatic rings. The third kappa shape index (κ3) is 4.33. The number of carbonyl (C=O) groups is 1. The van der Waals surface area contributed by atoms with Crippen molar-refractivity contribution in [3.63, 3.8) is 0 Å². The third-order valence-corrected chi connectivity index (χ3v) is 3.83. The van der Waals surface area contributed by atoms with Gasteiger partial charge in [0.05, 0.1) is 11.9 Å². The number of amides is 1. The Morgan fingerprint density at radius 2 is 1.84 bits per heavy atom. The summed E-state index contributed by atoms with van der Waals surface area (Å²) in [5, 5.41) is 6.54. The molecule has 0 aliphatic carbocycles. The molecule has 0 unspecified atom stereocenters. The number of hydrogen-bond donors (Lipinski definition) is 2. The third-order valence-electron chi connectivity index (χ3n) is 3.59. The van der Waals surface area contributed by atoms with Crippen molar-refractivity contribution in [1.29, 1.82) is 0 Å². The predicted octanol–water partition coefficient (Wildman–Crippen LogP) is 5.18. The fourth-order valence-corrected chi connectivity index (χ4v) is 2.39. The Morgan fingerprint density at radius 1 is 1.08 bits per heavy atom. The topological polar surface area (TPSA) is 54.0 Å². The summed E-state index contributed by atoms with van der Waals surface area (Å²) in [6.07, 6.45) is 1.61. The van der Waals surface area contributed by atoms with Crippen molar-refractivity contribution in [1.82, 2.24) is 4.98 Å². The van der Waals surface area contributed by atoms with Gasteiger partial charge < -0.3 is 10.6 Å². The Bertz CT molecular complexity index is 896. The van der Waals surface area contributed by atoms with Gasteiger partial charge in [-0.1, -0.05) is 17.7 Å². The van der Waals surface area contributed by atoms with Crippen molar-refractivity contribution in [2.24, 2.45) is 0 Å². The first-order chi connectivity index (χ1) is 12.0. The largest absolute Gasteiger partial charge is 0.354 e. The van der Waals surface area contributed by atoms with E-state index >= 15 is 0 Å². The Balaban J connectivity index is 1.68. The Kier molecular flexibility index (Phi) is 4.95. The second-order valence-electron chi connectivity index (χ2n) is 5.48. The number of aryl methyl sites for hydroxylation is 1. The van der Waals surface area contributed by atoms with Gasteiger partial charge in [-0.05, 0) is 61.0 Å². The number of pyridine rings is 1. The van der Waals surface area contributed by atoms with Gasteiger partial charge in [-0.3, -0.25) is 4.79 Å². The van der Waals surface area contributed by atoms with Crippen LogP contribution >= 0.6 is 11.6 Å². The number of halogens is 2. The molecule has 3 aromatic rings. The zero-order valence-corrected chi connectivity index (χ0v) is 14.1. The van der Waals surface area contributed by atoms with Crippen molar-refractivity contribution in [3.8, 4) is 0 Å². The van der Waals surface area contributed by atoms with E-state index in [9.17, 15) is 9.18 Å². The number of anilines is 3. The van der Waals surface area contributed by atoms with E-state index in [1.807, 2.05) is 25.1 Å². The molecule has 0 fully saturated rings. The average Bonchev–Trinajstić information content (AvgIpc) is 2.60. The van der Waals surface area contributed by atoms with Gasteiger partial charge in [-0.25, -0.2) is 9.37 Å². The number of aromatic nitrogens is 1. The van der Waals surface area contributed by atoms with Crippen LogP contribution in [0.5, 0.6) is 0 Å². The van der Waals surface area contributed by atoms with Crippen molar-refractivity contribution >= 4 is 34.7 Å². The summed E-state index contributed by atoms with van der Waals surface area (Å²) in [5.41, 5.74) is 3.07. The zero-order chi connectivity index (χ0) is 17.8. The van der Waals surface area contributed by atoms with Crippen LogP contribution in [0.2, 0.25) is 5.02 Å². The smallest absolute Gasteiger partial charge is 0.256 e. The van der Waals surface area contributed by atoms with Crippen LogP contribution in [-0.4, -0.2) is 10.9 Å². The van der Waals surface area contributed by atoms with Gasteiger partial charge in [0, 0.05) is 16.3 Å². The maximum absolute atomic E-state index is 12.9. The van der Waals surface area contributed by atoms with Crippen LogP contribution in [0.25, 0.3) is 0 Å². The lowest BCUT2D eigenvalue weighted by Crippen LogP contribution is -2.12. The van der Waals surface area contributed by atoms with E-state index in [0.717, 1.165) is 16.9 Å². The lowest BCUT2D eigenvalue weighted by molar-refractivity contribution is 0.102. The van der Waals surface area contributed by atoms with Gasteiger partial charge in [0.1, 0.15) is 11.6 Å². The van der Waals surface area contributed by atoms with Gasteiger partial charge in [0.25, 0.3) is 5.91 Å². The van der Waals surface area contributed by atoms with Crippen LogP contribution in [0.15, 0.2) is 60.8 Å². The predicted molar refractivity (Wildman–Crippen MR) is 98.1 cm³/mol. The number of hydrogen-bond acceptors (Lipinski definition) is 3. The zero-order valence-electron chi connectivity index (χ0n) is 13.4. The van der Waals surface area contributed by atoms with Crippen LogP contribution < -0.4 is 10.6 Å². The first kappa shape index (κ1) is 16.9. The first-order valence-electron chi connectivity index (χ1n) is 7.57. The van der Waals surface area contributed by atoms with Crippen molar-refractivity contribution < 1.29 is 9.18 Å². The molecule has 0 radical (unpaired) electrons. The highest BCUT2D eigenvalue weighted by molar-refractivity contribution is 6.30. The molecule has 1 heterocycles. The lowest BCUT2D eigenvalue weighted by atomic mass is 10.2. The summed E-state index contributed by atoms with van der Waals surface area (Å²) in [6.45, 7) is 1.98. The summed E-state index contributed by atoms with van der Waals surface area (Å²) in [7, 11) is 0. The standard InChI is InChI=1S/C19H15ClFN3O/c1-12-2-5-14(20)10-17(12)23-16-8-9-18(22-11-16)24-19(25)13-3-6-15(21)7-4-13/h2-11,23H,1H3,(H,22,24,25). The number of carbonyl (C=O) groups excluding carboxylic acids is 1. The van der Waals surface area contributed by atoms with E-state index in [1.165, 1.54) is 24.3 Å². The van der Waals surface area contributed by atoms with Gasteiger partial charge >= 0.3 is 0 Å². The van der Waals surface area contributed by atoms with Crippen molar-refractivity contribution in [2.75, 3.05) is 10.6 Å². The highest BCUT2D eigenvalue weighted by Gasteiger charge is 2.07. The average molecular weight is 356 g/mol. The summed E-state index contributed by atoms with van der Waals surface area (Å²) in [4.78, 5) is 16.3. The first-order valence-corrected chi connectivity index (χ1v) is 7.95. The highest BCUT2D eigenvalue weighted by atomic mass is 35.5. The number of nitrogens with zero attached hydrogens (tertiary/aromatic N) is 1. The Hall–Kier alpha value is -2.92. The summed E-state index contributed by atoms with van der Waals surface area (Å²) < 4.78 is 12.9. The van der Waals surface area contributed by atoms with Crippen molar-refractivity contribution in [2.45, 2.75) is 6.92 Å². The Labute approximate surface area is 149 Å². The van der Waals surface area contributed by atoms with E-state index in [4.69, 9.17) is 11.6 Å². The van der Waals surface area contributed by atoms with E-state index < -0.39 is 0 Å². The van der Waals surface area contributed by atoms with Gasteiger partial charge in [0.2, 0.25) is 0 Å². The molecular weight excluding hydrogens is 341 g/mol. The fraction of sp³-hybridized carbons (Fsp3) is 0.0526. The van der Waals surface area contributed by atoms with E-state index in [0.29, 0.717) is 16.4 Å². The number of benzene rings is 2. The lowest BCUT2D eigenvalue weighted by Gasteiger charge is -2.10. The van der Waals surface area contributed by atoms with Crippen LogP contribution in [0.4, 0.5) is 21.6 Å². The fourth-order valence-electron chi connectivity index (χ4n) is 2.22. The molecule has 2 N–H and O–H groups in total. The minimum Gasteiger partial charge on any atom is -0.354 e. The molecule has 0 saturated heterocycles. The van der Waals surface area contributed by atoms with Gasteiger partial charge in [0.15, 0.2) is 0 Å². The molecule has 0 aliphatic heterocycles. The second-order valence-corrected chi connectivity index (χ2v) is 5.91. The molecule has 126 valence electrons. The molecular formula is C19H15ClFN3O. The number of nitrogens with one attached hydrogen (secondary N) is 2. The highest BCUT2D eigenvalue weighted by Crippen LogP contribution is 2.24. The molecule has 0 atom stereocenters. The molecule has 0 spiro atoms. The number of rotatable bonds is 4. The molecule has 0 saturated carbocycles. The molecule has 2 aromatic carbocycles. The molecule has 25 heavy (non-hydrogen) atoms. The molecule has 1 aromatic heterocycles. The molecule has 6 heteroatoms. The van der Waals surface area contributed by atoms with Crippen LogP contribution in [0.1, 0.15) is 15.9 Å². The summed E-state index contributed by atoms with van der Waals surface area (Å²) in [6, 6.07) is 14.4.